The van der Waals surface area contributed by atoms with Gasteiger partial charge in [0.25, 0.3) is 5.56 Å². The minimum absolute atomic E-state index is 0.178. The molecule has 1 aliphatic rings. The molecule has 6 nitrogen and oxygen atoms in total. The van der Waals surface area contributed by atoms with Gasteiger partial charge in [0.1, 0.15) is 18.4 Å². The highest BCUT2D eigenvalue weighted by Crippen LogP contribution is 2.36. The van der Waals surface area contributed by atoms with Crippen molar-refractivity contribution in [1.82, 2.24) is 4.57 Å². The van der Waals surface area contributed by atoms with Gasteiger partial charge in [-0.1, -0.05) is 76.5 Å². The zero-order valence-corrected chi connectivity index (χ0v) is 26.5. The van der Waals surface area contributed by atoms with Gasteiger partial charge in [0.2, 0.25) is 0 Å². The minimum atomic E-state index is -0.812. The fraction of sp³-hybridized carbons (Fsp3) is 0.167. The molecular formula is C30H22BrCl3N2O4S. The Morgan fingerprint density at radius 2 is 1.83 bits per heavy atom. The van der Waals surface area contributed by atoms with Crippen molar-refractivity contribution < 1.29 is 14.3 Å². The molecular weight excluding hydrogens is 671 g/mol. The molecule has 0 bridgehead atoms. The molecule has 0 saturated heterocycles. The van der Waals surface area contributed by atoms with E-state index in [0.717, 1.165) is 5.56 Å². The van der Waals surface area contributed by atoms with Gasteiger partial charge in [-0.05, 0) is 77.3 Å². The number of esters is 1. The van der Waals surface area contributed by atoms with E-state index in [1.165, 1.54) is 15.9 Å². The summed E-state index contributed by atoms with van der Waals surface area (Å²) < 4.78 is 14.0. The summed E-state index contributed by atoms with van der Waals surface area (Å²) >= 11 is 23.7. The second kappa shape index (κ2) is 12.5. The van der Waals surface area contributed by atoms with Crippen LogP contribution in [-0.4, -0.2) is 17.1 Å². The molecule has 0 aliphatic carbocycles. The normalized spacial score (nSPS) is 15.0. The Labute approximate surface area is 263 Å². The van der Waals surface area contributed by atoms with Crippen molar-refractivity contribution in [3.8, 4) is 5.75 Å². The van der Waals surface area contributed by atoms with Crippen LogP contribution in [0.15, 0.2) is 86.2 Å². The van der Waals surface area contributed by atoms with Gasteiger partial charge < -0.3 is 9.47 Å². The largest absolute Gasteiger partial charge is 0.487 e. The quantitative estimate of drug-likeness (QED) is 0.194. The summed E-state index contributed by atoms with van der Waals surface area (Å²) in [7, 11) is 0. The number of thiazole rings is 1. The van der Waals surface area contributed by atoms with E-state index in [9.17, 15) is 9.59 Å². The number of benzene rings is 3. The summed E-state index contributed by atoms with van der Waals surface area (Å²) in [5.74, 6) is -0.0363. The van der Waals surface area contributed by atoms with Crippen molar-refractivity contribution in [3.63, 3.8) is 0 Å². The van der Waals surface area contributed by atoms with E-state index in [2.05, 4.69) is 20.9 Å². The van der Waals surface area contributed by atoms with Gasteiger partial charge >= 0.3 is 5.97 Å². The number of carbonyl (C=O) groups excluding carboxylic acids is 1. The Bertz CT molecular complexity index is 1870. The standard InChI is InChI=1S/C30H22BrCl3N2O4S/c1-3-39-29(38)25-16(2)35-30-36(26(25)21-6-4-5-7-23(21)34)28(37)24(41-30)13-18-12-20(33)14-22(31)27(18)40-15-17-8-10-19(32)11-9-17/h4-14,26H,3,15H2,1-2H3/b24-13-/t26-/m1/s1. The molecule has 2 heterocycles. The monoisotopic (exact) mass is 690 g/mol. The first-order valence-corrected chi connectivity index (χ1v) is 15.2. The average molecular weight is 693 g/mol. The van der Waals surface area contributed by atoms with Gasteiger partial charge in [-0.3, -0.25) is 9.36 Å². The topological polar surface area (TPSA) is 69.9 Å². The number of nitrogens with zero attached hydrogens (tertiary/aromatic N) is 2. The highest BCUT2D eigenvalue weighted by molar-refractivity contribution is 9.10. The van der Waals surface area contributed by atoms with Crippen molar-refractivity contribution in [2.75, 3.05) is 6.61 Å². The molecule has 11 heteroatoms. The zero-order chi connectivity index (χ0) is 29.3. The van der Waals surface area contributed by atoms with Crippen LogP contribution in [0.3, 0.4) is 0 Å². The number of aromatic nitrogens is 1. The molecule has 4 aromatic rings. The Kier molecular flexibility index (Phi) is 9.06. The summed E-state index contributed by atoms with van der Waals surface area (Å²) in [6.07, 6.45) is 1.71. The molecule has 0 unspecified atom stereocenters. The van der Waals surface area contributed by atoms with Crippen LogP contribution in [-0.2, 0) is 16.1 Å². The van der Waals surface area contributed by atoms with Crippen LogP contribution >= 0.6 is 62.1 Å². The predicted octanol–water partition coefficient (Wildman–Crippen LogP) is 7.10. The number of fused-ring (bicyclic) bond motifs is 1. The molecule has 0 amide bonds. The van der Waals surface area contributed by atoms with E-state index in [4.69, 9.17) is 44.3 Å². The SMILES string of the molecule is CCOC(=O)C1=C(C)N=c2s/c(=C\c3cc(Cl)cc(Br)c3OCc3ccc(Cl)cc3)c(=O)n2[C@@H]1c1ccccc1Cl. The minimum Gasteiger partial charge on any atom is -0.487 e. The van der Waals surface area contributed by atoms with Crippen LogP contribution in [0.4, 0.5) is 0 Å². The highest BCUT2D eigenvalue weighted by Gasteiger charge is 2.34. The fourth-order valence-corrected chi connectivity index (χ4v) is 6.85. The molecule has 5 rings (SSSR count). The molecule has 0 spiro atoms. The molecule has 41 heavy (non-hydrogen) atoms. The lowest BCUT2D eigenvalue weighted by molar-refractivity contribution is -0.139. The number of allylic oxidation sites excluding steroid dienone is 1. The fourth-order valence-electron chi connectivity index (χ4n) is 4.50. The zero-order valence-electron chi connectivity index (χ0n) is 21.8. The number of carbonyl (C=O) groups is 1. The van der Waals surface area contributed by atoms with E-state index in [1.54, 1.807) is 62.4 Å². The van der Waals surface area contributed by atoms with Crippen molar-refractivity contribution in [2.45, 2.75) is 26.5 Å². The van der Waals surface area contributed by atoms with Gasteiger partial charge in [-0.15, -0.1) is 0 Å². The Hall–Kier alpha value is -2.88. The van der Waals surface area contributed by atoms with E-state index in [1.807, 2.05) is 18.2 Å². The van der Waals surface area contributed by atoms with Crippen molar-refractivity contribution in [3.05, 3.63) is 128 Å². The summed E-state index contributed by atoms with van der Waals surface area (Å²) in [6.45, 7) is 3.90. The van der Waals surface area contributed by atoms with Crippen LogP contribution in [0.5, 0.6) is 5.75 Å². The summed E-state index contributed by atoms with van der Waals surface area (Å²) in [5, 5.41) is 1.51. The van der Waals surface area contributed by atoms with Crippen LogP contribution in [0.25, 0.3) is 6.08 Å². The van der Waals surface area contributed by atoms with E-state index in [0.29, 0.717) is 51.4 Å². The number of hydrogen-bond donors (Lipinski definition) is 0. The number of rotatable bonds is 7. The first-order valence-electron chi connectivity index (χ1n) is 12.5. The average Bonchev–Trinajstić information content (AvgIpc) is 3.23. The third-order valence-corrected chi connectivity index (χ3v) is 8.72. The van der Waals surface area contributed by atoms with Gasteiger partial charge in [0, 0.05) is 20.6 Å². The second-order valence-corrected chi connectivity index (χ2v) is 12.2. The Balaban J connectivity index is 1.65. The maximum absolute atomic E-state index is 14.0. The third-order valence-electron chi connectivity index (χ3n) is 6.34. The van der Waals surface area contributed by atoms with E-state index < -0.39 is 12.0 Å². The second-order valence-electron chi connectivity index (χ2n) is 9.04. The van der Waals surface area contributed by atoms with Crippen LogP contribution in [0, 0.1) is 0 Å². The highest BCUT2D eigenvalue weighted by atomic mass is 79.9. The van der Waals surface area contributed by atoms with Gasteiger partial charge in [-0.2, -0.15) is 0 Å². The van der Waals surface area contributed by atoms with Gasteiger partial charge in [-0.25, -0.2) is 9.79 Å². The molecule has 0 N–H and O–H groups in total. The van der Waals surface area contributed by atoms with Crippen molar-refractivity contribution >= 4 is 74.1 Å². The van der Waals surface area contributed by atoms with E-state index in [-0.39, 0.29) is 24.3 Å². The predicted molar refractivity (Wildman–Crippen MR) is 167 cm³/mol. The van der Waals surface area contributed by atoms with Gasteiger partial charge in [0.05, 0.1) is 26.9 Å². The Morgan fingerprint density at radius 3 is 2.54 bits per heavy atom. The van der Waals surface area contributed by atoms with E-state index >= 15 is 0 Å². The molecule has 1 atom stereocenters. The first kappa shape index (κ1) is 29.6. The lowest BCUT2D eigenvalue weighted by atomic mass is 9.96. The number of halogens is 4. The van der Waals surface area contributed by atoms with Crippen molar-refractivity contribution in [2.24, 2.45) is 4.99 Å². The lowest BCUT2D eigenvalue weighted by Gasteiger charge is -2.25. The first-order chi connectivity index (χ1) is 19.7. The van der Waals surface area contributed by atoms with Crippen LogP contribution in [0.2, 0.25) is 15.1 Å². The third kappa shape index (κ3) is 6.17. The van der Waals surface area contributed by atoms with Crippen LogP contribution in [0.1, 0.15) is 36.6 Å². The molecule has 1 aromatic heterocycles. The summed E-state index contributed by atoms with van der Waals surface area (Å²) in [4.78, 5) is 32.2. The Morgan fingerprint density at radius 1 is 1.10 bits per heavy atom. The summed E-state index contributed by atoms with van der Waals surface area (Å²) in [5.41, 5.74) is 2.49. The maximum Gasteiger partial charge on any atom is 0.338 e. The lowest BCUT2D eigenvalue weighted by Crippen LogP contribution is -2.40. The van der Waals surface area contributed by atoms with Gasteiger partial charge in [0.15, 0.2) is 4.80 Å². The molecule has 0 radical (unpaired) electrons. The smallest absolute Gasteiger partial charge is 0.338 e. The molecule has 0 fully saturated rings. The number of ether oxygens (including phenoxy) is 2. The maximum atomic E-state index is 14.0. The molecule has 3 aromatic carbocycles. The van der Waals surface area contributed by atoms with Crippen LogP contribution < -0.4 is 19.6 Å². The van der Waals surface area contributed by atoms with Crippen molar-refractivity contribution in [1.29, 1.82) is 0 Å². The molecule has 1 aliphatic heterocycles. The molecule has 210 valence electrons. The molecule has 0 saturated carbocycles. The summed E-state index contributed by atoms with van der Waals surface area (Å²) in [6, 6.07) is 17.1. The number of hydrogen-bond acceptors (Lipinski definition) is 6.